The van der Waals surface area contributed by atoms with Gasteiger partial charge < -0.3 is 9.80 Å². The largest absolute Gasteiger partial charge is 0.355 e. The molecule has 0 spiro atoms. The smallest absolute Gasteiger partial charge is 0.327 e. The van der Waals surface area contributed by atoms with Gasteiger partial charge in [0.05, 0.1) is 5.56 Å². The second-order valence-corrected chi connectivity index (χ2v) is 6.61. The molecule has 4 rings (SSSR count). The summed E-state index contributed by atoms with van der Waals surface area (Å²) in [6.45, 7) is 1.68. The summed E-state index contributed by atoms with van der Waals surface area (Å²) >= 11 is 0. The zero-order valence-electron chi connectivity index (χ0n) is 13.4. The number of aromatic nitrogens is 1. The van der Waals surface area contributed by atoms with Gasteiger partial charge in [-0.05, 0) is 37.8 Å². The number of carbonyl (C=O) groups excluding carboxylic acids is 2. The highest BCUT2D eigenvalue weighted by Gasteiger charge is 2.47. The molecule has 1 aromatic heterocycles. The fourth-order valence-electron chi connectivity index (χ4n) is 3.64. The van der Waals surface area contributed by atoms with Crippen LogP contribution in [0.1, 0.15) is 31.2 Å². The summed E-state index contributed by atoms with van der Waals surface area (Å²) in [5, 5.41) is 9.21. The Balaban J connectivity index is 1.42. The molecule has 0 radical (unpaired) electrons. The van der Waals surface area contributed by atoms with E-state index in [9.17, 15) is 14.9 Å². The van der Waals surface area contributed by atoms with Gasteiger partial charge in [0.1, 0.15) is 18.4 Å². The zero-order valence-corrected chi connectivity index (χ0v) is 13.4. The zero-order chi connectivity index (χ0) is 16.7. The number of nitriles is 1. The van der Waals surface area contributed by atoms with E-state index in [2.05, 4.69) is 16.0 Å². The topological polar surface area (TPSA) is 80.5 Å². The van der Waals surface area contributed by atoms with Crippen molar-refractivity contribution in [3.8, 4) is 6.07 Å². The molecule has 0 N–H and O–H groups in total. The average Bonchev–Trinajstić information content (AvgIpc) is 3.40. The van der Waals surface area contributed by atoms with Crippen LogP contribution in [-0.2, 0) is 4.79 Å². The lowest BCUT2D eigenvalue weighted by molar-refractivity contribution is -0.125. The molecule has 2 aliphatic heterocycles. The number of hydrogen-bond donors (Lipinski definition) is 0. The number of pyridine rings is 1. The van der Waals surface area contributed by atoms with E-state index in [1.165, 1.54) is 4.90 Å². The molecule has 0 aromatic carbocycles. The molecule has 7 heteroatoms. The fourth-order valence-corrected chi connectivity index (χ4v) is 3.64. The van der Waals surface area contributed by atoms with Crippen LogP contribution in [0.25, 0.3) is 0 Å². The van der Waals surface area contributed by atoms with Gasteiger partial charge in [-0.3, -0.25) is 9.69 Å². The molecule has 3 amide bonds. The molecule has 124 valence electrons. The summed E-state index contributed by atoms with van der Waals surface area (Å²) in [6, 6.07) is 5.82. The molecule has 1 aliphatic carbocycles. The van der Waals surface area contributed by atoms with E-state index in [1.807, 2.05) is 0 Å². The molecule has 24 heavy (non-hydrogen) atoms. The van der Waals surface area contributed by atoms with Crippen LogP contribution in [0.3, 0.4) is 0 Å². The summed E-state index contributed by atoms with van der Waals surface area (Å²) in [5.74, 6) is 0.656. The third-order valence-corrected chi connectivity index (χ3v) is 5.05. The minimum atomic E-state index is -0.114. The number of imide groups is 1. The van der Waals surface area contributed by atoms with Gasteiger partial charge in [-0.1, -0.05) is 0 Å². The number of hydrogen-bond acceptors (Lipinski definition) is 5. The van der Waals surface area contributed by atoms with Crippen LogP contribution in [0.2, 0.25) is 0 Å². The summed E-state index contributed by atoms with van der Waals surface area (Å²) < 4.78 is 0. The predicted octanol–water partition coefficient (Wildman–Crippen LogP) is 1.35. The highest BCUT2D eigenvalue weighted by molar-refractivity contribution is 6.02. The summed E-state index contributed by atoms with van der Waals surface area (Å²) in [7, 11) is 0. The molecule has 3 aliphatic rings. The van der Waals surface area contributed by atoms with Crippen LogP contribution >= 0.6 is 0 Å². The monoisotopic (exact) mass is 325 g/mol. The lowest BCUT2D eigenvalue weighted by atomic mass is 10.0. The molecule has 7 nitrogen and oxygen atoms in total. The first-order valence-corrected chi connectivity index (χ1v) is 8.42. The third-order valence-electron chi connectivity index (χ3n) is 5.05. The lowest BCUT2D eigenvalue weighted by Gasteiger charge is -2.36. The van der Waals surface area contributed by atoms with E-state index < -0.39 is 0 Å². The van der Waals surface area contributed by atoms with Gasteiger partial charge in [0.15, 0.2) is 0 Å². The second-order valence-electron chi connectivity index (χ2n) is 6.61. The predicted molar refractivity (Wildman–Crippen MR) is 86.2 cm³/mol. The molecule has 1 aromatic rings. The van der Waals surface area contributed by atoms with Crippen molar-refractivity contribution in [3.05, 3.63) is 23.9 Å². The summed E-state index contributed by atoms with van der Waals surface area (Å²) in [6.07, 6.45) is 5.16. The standard InChI is InChI=1S/C17H19N5O2/c18-10-12-2-1-7-19-16(12)20-8-5-13(6-9-20)21-11-15(23)22(17(21)24)14-3-4-14/h1-2,7,13-14H,3-6,8-9,11H2. The molecule has 1 saturated carbocycles. The Morgan fingerprint density at radius 1 is 1.12 bits per heavy atom. The van der Waals surface area contributed by atoms with Crippen LogP contribution in [-0.4, -0.2) is 58.4 Å². The van der Waals surface area contributed by atoms with E-state index >= 15 is 0 Å². The molecule has 0 bridgehead atoms. The summed E-state index contributed by atoms with van der Waals surface area (Å²) in [4.78, 5) is 34.2. The van der Waals surface area contributed by atoms with Crippen molar-refractivity contribution in [1.82, 2.24) is 14.8 Å². The van der Waals surface area contributed by atoms with E-state index in [0.29, 0.717) is 11.4 Å². The number of nitrogens with zero attached hydrogens (tertiary/aromatic N) is 5. The van der Waals surface area contributed by atoms with E-state index in [-0.39, 0.29) is 30.6 Å². The number of piperidine rings is 1. The molecule has 2 saturated heterocycles. The van der Waals surface area contributed by atoms with Gasteiger partial charge in [0.25, 0.3) is 5.91 Å². The van der Waals surface area contributed by atoms with Crippen molar-refractivity contribution in [2.75, 3.05) is 24.5 Å². The molecular weight excluding hydrogens is 306 g/mol. The number of urea groups is 1. The molecular formula is C17H19N5O2. The Hall–Kier alpha value is -2.62. The van der Waals surface area contributed by atoms with Gasteiger partial charge in [-0.2, -0.15) is 5.26 Å². The van der Waals surface area contributed by atoms with Crippen LogP contribution in [0.4, 0.5) is 10.6 Å². The van der Waals surface area contributed by atoms with E-state index in [1.54, 1.807) is 23.2 Å². The Kier molecular flexibility index (Phi) is 3.60. The van der Waals surface area contributed by atoms with Gasteiger partial charge >= 0.3 is 6.03 Å². The van der Waals surface area contributed by atoms with Gasteiger partial charge in [0, 0.05) is 31.4 Å². The highest BCUT2D eigenvalue weighted by atomic mass is 16.2. The van der Waals surface area contributed by atoms with Gasteiger partial charge in [-0.25, -0.2) is 9.78 Å². The number of carbonyl (C=O) groups is 2. The van der Waals surface area contributed by atoms with E-state index in [4.69, 9.17) is 0 Å². The quantitative estimate of drug-likeness (QED) is 0.784. The minimum Gasteiger partial charge on any atom is -0.355 e. The first-order valence-electron chi connectivity index (χ1n) is 8.42. The van der Waals surface area contributed by atoms with Crippen molar-refractivity contribution in [2.45, 2.75) is 37.8 Å². The van der Waals surface area contributed by atoms with Crippen LogP contribution < -0.4 is 4.90 Å². The number of anilines is 1. The summed E-state index contributed by atoms with van der Waals surface area (Å²) in [5.41, 5.74) is 0.572. The number of amides is 3. The normalized spacial score (nSPS) is 22.2. The first kappa shape index (κ1) is 14.9. The molecule has 0 unspecified atom stereocenters. The Morgan fingerprint density at radius 3 is 2.54 bits per heavy atom. The van der Waals surface area contributed by atoms with Crippen molar-refractivity contribution < 1.29 is 9.59 Å². The lowest BCUT2D eigenvalue weighted by Crippen LogP contribution is -2.47. The van der Waals surface area contributed by atoms with Crippen LogP contribution in [0.15, 0.2) is 18.3 Å². The van der Waals surface area contributed by atoms with Crippen molar-refractivity contribution in [1.29, 1.82) is 5.26 Å². The number of rotatable bonds is 3. The SMILES string of the molecule is N#Cc1cccnc1N1CCC(N2CC(=O)N(C3CC3)C2=O)CC1. The highest BCUT2D eigenvalue weighted by Crippen LogP contribution is 2.33. The average molecular weight is 325 g/mol. The van der Waals surface area contributed by atoms with Crippen LogP contribution in [0, 0.1) is 11.3 Å². The fraction of sp³-hybridized carbons (Fsp3) is 0.529. The van der Waals surface area contributed by atoms with E-state index in [0.717, 1.165) is 38.8 Å². The molecule has 3 fully saturated rings. The Labute approximate surface area is 140 Å². The van der Waals surface area contributed by atoms with Crippen molar-refractivity contribution in [2.24, 2.45) is 0 Å². The maximum Gasteiger partial charge on any atom is 0.327 e. The Morgan fingerprint density at radius 2 is 1.88 bits per heavy atom. The van der Waals surface area contributed by atoms with Crippen LogP contribution in [0.5, 0.6) is 0 Å². The first-order chi connectivity index (χ1) is 11.7. The maximum absolute atomic E-state index is 12.5. The van der Waals surface area contributed by atoms with Gasteiger partial charge in [-0.15, -0.1) is 0 Å². The van der Waals surface area contributed by atoms with Crippen molar-refractivity contribution >= 4 is 17.8 Å². The minimum absolute atomic E-state index is 0.0542. The third kappa shape index (κ3) is 2.48. The molecule has 3 heterocycles. The molecule has 0 atom stereocenters. The van der Waals surface area contributed by atoms with Crippen molar-refractivity contribution in [3.63, 3.8) is 0 Å². The van der Waals surface area contributed by atoms with Gasteiger partial charge in [0.2, 0.25) is 0 Å². The second kappa shape index (κ2) is 5.78. The Bertz CT molecular complexity index is 716. The maximum atomic E-state index is 12.5.